The lowest BCUT2D eigenvalue weighted by Crippen LogP contribution is -2.30. The van der Waals surface area contributed by atoms with E-state index >= 15 is 0 Å². The number of aliphatic hydroxyl groups is 1. The first-order valence-corrected chi connectivity index (χ1v) is 33.6. The summed E-state index contributed by atoms with van der Waals surface area (Å²) < 4.78 is 39.6. The zero-order chi connectivity index (χ0) is 59.8. The van der Waals surface area contributed by atoms with Crippen LogP contribution in [0.4, 0.5) is 0 Å². The van der Waals surface area contributed by atoms with E-state index in [9.17, 15) is 28.9 Å². The Morgan fingerprint density at radius 3 is 1.00 bits per heavy atom. The maximum absolute atomic E-state index is 13.0. The van der Waals surface area contributed by atoms with Gasteiger partial charge in [0.2, 0.25) is 0 Å². The van der Waals surface area contributed by atoms with Crippen LogP contribution < -0.4 is 0 Å². The first-order chi connectivity index (χ1) is 40.2. The van der Waals surface area contributed by atoms with Crippen molar-refractivity contribution in [3.8, 4) is 0 Å². The number of phosphoric ester groups is 1. The molecule has 0 aliphatic heterocycles. The van der Waals surface area contributed by atoms with E-state index in [2.05, 4.69) is 154 Å². The summed E-state index contributed by atoms with van der Waals surface area (Å²) in [5, 5.41) is 9.86. The first kappa shape index (κ1) is 77.6. The van der Waals surface area contributed by atoms with Crippen molar-refractivity contribution in [2.24, 2.45) is 0 Å². The van der Waals surface area contributed by atoms with Gasteiger partial charge in [0.15, 0.2) is 6.10 Å². The number of rotatable bonds is 58. The molecule has 2 N–H and O–H groups in total. The number of unbranched alkanes of at least 4 members (excludes halogenated alkanes) is 19. The van der Waals surface area contributed by atoms with Gasteiger partial charge >= 0.3 is 25.7 Å². The van der Waals surface area contributed by atoms with Crippen LogP contribution in [-0.4, -0.2) is 66.5 Å². The van der Waals surface area contributed by atoms with Crippen molar-refractivity contribution < 1.29 is 52.2 Å². The van der Waals surface area contributed by atoms with E-state index in [0.717, 1.165) is 128 Å². The number of aliphatic hydroxyl groups excluding tert-OH is 1. The predicted molar refractivity (Wildman–Crippen MR) is 343 cm³/mol. The maximum atomic E-state index is 13.0. The quantitative estimate of drug-likeness (QED) is 0.0197. The highest BCUT2D eigenvalue weighted by Gasteiger charge is 2.28. The van der Waals surface area contributed by atoms with Gasteiger partial charge in [0.1, 0.15) is 12.7 Å². The van der Waals surface area contributed by atoms with Crippen LogP contribution in [-0.2, 0) is 42.2 Å². The lowest BCUT2D eigenvalue weighted by atomic mass is 10.1. The van der Waals surface area contributed by atoms with Gasteiger partial charge in [-0.05, 0) is 135 Å². The van der Waals surface area contributed by atoms with Gasteiger partial charge in [0, 0.05) is 19.3 Å². The second-order valence-electron chi connectivity index (χ2n) is 20.8. The minimum Gasteiger partial charge on any atom is -0.462 e. The van der Waals surface area contributed by atoms with E-state index in [1.807, 2.05) is 0 Å². The van der Waals surface area contributed by atoms with Crippen LogP contribution in [0.1, 0.15) is 252 Å². The number of phosphoric acid groups is 1. The van der Waals surface area contributed by atoms with Crippen LogP contribution in [0.2, 0.25) is 0 Å². The lowest BCUT2D eigenvalue weighted by Gasteiger charge is -2.21. The average molecular weight is 1160 g/mol. The van der Waals surface area contributed by atoms with Crippen molar-refractivity contribution in [1.82, 2.24) is 0 Å². The van der Waals surface area contributed by atoms with E-state index in [1.165, 1.54) is 64.2 Å². The minimum absolute atomic E-state index is 0.118. The molecule has 12 heteroatoms. The number of esters is 3. The van der Waals surface area contributed by atoms with Crippen molar-refractivity contribution in [2.75, 3.05) is 26.4 Å². The molecule has 82 heavy (non-hydrogen) atoms. The molecule has 0 saturated carbocycles. The summed E-state index contributed by atoms with van der Waals surface area (Å²) in [6, 6.07) is 0. The molecule has 3 unspecified atom stereocenters. The maximum Gasteiger partial charge on any atom is 0.472 e. The molecule has 0 rings (SSSR count). The fraction of sp³-hybridized carbons (Fsp3) is 0.643. The number of hydrogen-bond donors (Lipinski definition) is 2. The summed E-state index contributed by atoms with van der Waals surface area (Å²) in [5.74, 6) is -1.55. The molecule has 0 aromatic carbocycles. The van der Waals surface area contributed by atoms with Crippen LogP contribution in [0, 0.1) is 0 Å². The molecule has 0 radical (unpaired) electrons. The van der Waals surface area contributed by atoms with E-state index in [4.69, 9.17) is 23.3 Å². The van der Waals surface area contributed by atoms with E-state index < -0.39 is 57.8 Å². The molecule has 11 nitrogen and oxygen atoms in total. The zero-order valence-corrected chi connectivity index (χ0v) is 52.6. The standard InChI is InChI=1S/C70H115O11P/c1-4-7-10-13-16-19-22-25-28-31-33-36-39-42-45-48-51-54-57-60-69(73)80-66(62-71)64-78-82(75,76)79-65-67(63-77-68(72)59-56-53-50-47-44-41-38-35-30-27-24-21-18-15-12-9-6-3)81-70(74)61-58-55-52-49-46-43-40-37-34-32-29-26-23-20-17-14-11-8-5-2/h7-8,10-11,16-17,19-20,25-30,33-34,36-37,42-43,45-46,66-67,71H,4-6,9,12-15,18,21-24,31-32,35,38-41,44,47-65H2,1-3H3,(H,75,76)/b10-7-,11-8-,19-16-,20-17-,28-25-,29-26-,30-27-,36-33-,37-34-,45-42-,46-43-. The highest BCUT2D eigenvalue weighted by atomic mass is 31.2. The Hall–Kier alpha value is -4.38. The number of carbonyl (C=O) groups excluding carboxylic acids is 3. The molecule has 0 spiro atoms. The number of allylic oxidation sites excluding steroid dienone is 22. The molecule has 0 fully saturated rings. The predicted octanol–water partition coefficient (Wildman–Crippen LogP) is 19.7. The van der Waals surface area contributed by atoms with Gasteiger partial charge in [-0.3, -0.25) is 23.4 Å². The average Bonchev–Trinajstić information content (AvgIpc) is 3.47. The van der Waals surface area contributed by atoms with Crippen LogP contribution in [0.25, 0.3) is 0 Å². The van der Waals surface area contributed by atoms with Gasteiger partial charge in [0.25, 0.3) is 0 Å². The van der Waals surface area contributed by atoms with Gasteiger partial charge < -0.3 is 24.2 Å². The highest BCUT2D eigenvalue weighted by molar-refractivity contribution is 7.47. The normalized spacial score (nSPS) is 14.2. The Labute approximate surface area is 500 Å². The second kappa shape index (κ2) is 62.7. The van der Waals surface area contributed by atoms with E-state index in [1.54, 1.807) is 0 Å². The molecule has 466 valence electrons. The lowest BCUT2D eigenvalue weighted by molar-refractivity contribution is -0.161. The third kappa shape index (κ3) is 60.2. The van der Waals surface area contributed by atoms with Gasteiger partial charge in [0.05, 0.1) is 19.8 Å². The first-order valence-electron chi connectivity index (χ1n) is 32.1. The largest absolute Gasteiger partial charge is 0.472 e. The monoisotopic (exact) mass is 1160 g/mol. The molecule has 0 aliphatic carbocycles. The Bertz CT molecular complexity index is 1890. The number of ether oxygens (including phenoxy) is 3. The Balaban J connectivity index is 4.82. The molecular formula is C70H115O11P. The molecule has 0 aromatic heterocycles. The van der Waals surface area contributed by atoms with E-state index in [-0.39, 0.29) is 25.9 Å². The molecule has 0 amide bonds. The minimum atomic E-state index is -4.78. The molecule has 0 saturated heterocycles. The second-order valence-corrected chi connectivity index (χ2v) is 22.3. The Kier molecular flexibility index (Phi) is 59.3. The fourth-order valence-electron chi connectivity index (χ4n) is 8.23. The van der Waals surface area contributed by atoms with Crippen molar-refractivity contribution in [1.29, 1.82) is 0 Å². The van der Waals surface area contributed by atoms with Crippen LogP contribution in [0.15, 0.2) is 134 Å². The van der Waals surface area contributed by atoms with Crippen molar-refractivity contribution in [3.63, 3.8) is 0 Å². The topological polar surface area (TPSA) is 155 Å². The summed E-state index contributed by atoms with van der Waals surface area (Å²) in [4.78, 5) is 48.8. The molecule has 0 heterocycles. The number of hydrogen-bond acceptors (Lipinski definition) is 10. The third-order valence-corrected chi connectivity index (χ3v) is 14.0. The van der Waals surface area contributed by atoms with Gasteiger partial charge in [-0.1, -0.05) is 231 Å². The fourth-order valence-corrected chi connectivity index (χ4v) is 9.01. The van der Waals surface area contributed by atoms with Gasteiger partial charge in [-0.2, -0.15) is 0 Å². The zero-order valence-electron chi connectivity index (χ0n) is 51.7. The van der Waals surface area contributed by atoms with Gasteiger partial charge in [-0.15, -0.1) is 0 Å². The van der Waals surface area contributed by atoms with Crippen LogP contribution >= 0.6 is 7.82 Å². The summed E-state index contributed by atoms with van der Waals surface area (Å²) in [7, 11) is -4.78. The molecular weight excluding hydrogens is 1050 g/mol. The third-order valence-electron chi connectivity index (χ3n) is 13.0. The van der Waals surface area contributed by atoms with E-state index in [0.29, 0.717) is 19.3 Å². The number of carbonyl (C=O) groups is 3. The Morgan fingerprint density at radius 1 is 0.354 bits per heavy atom. The van der Waals surface area contributed by atoms with Crippen molar-refractivity contribution in [2.45, 2.75) is 264 Å². The van der Waals surface area contributed by atoms with Gasteiger partial charge in [-0.25, -0.2) is 4.57 Å². The summed E-state index contributed by atoms with van der Waals surface area (Å²) in [6.45, 7) is 4.34. The summed E-state index contributed by atoms with van der Waals surface area (Å²) in [6.07, 6.45) is 79.7. The highest BCUT2D eigenvalue weighted by Crippen LogP contribution is 2.43. The van der Waals surface area contributed by atoms with Crippen LogP contribution in [0.5, 0.6) is 0 Å². The summed E-state index contributed by atoms with van der Waals surface area (Å²) in [5.41, 5.74) is 0. The molecule has 3 atom stereocenters. The van der Waals surface area contributed by atoms with Crippen molar-refractivity contribution in [3.05, 3.63) is 134 Å². The van der Waals surface area contributed by atoms with Crippen LogP contribution in [0.3, 0.4) is 0 Å². The SMILES string of the molecule is CC/C=C\C/C=C\C/C=C\C/C=C\C/C=C\CCCCCC(=O)OC(CO)COP(=O)(O)OCC(COC(=O)CCCCCCCCC/C=C\CCCCCCCC)OC(=O)CCCCC/C=C\C/C=C\C/C=C\C/C=C\C/C=C\CC. The smallest absolute Gasteiger partial charge is 0.462 e. The summed E-state index contributed by atoms with van der Waals surface area (Å²) >= 11 is 0. The Morgan fingerprint density at radius 2 is 0.634 bits per heavy atom. The molecule has 0 aromatic rings. The molecule has 0 bridgehead atoms. The molecule has 0 aliphatic rings. The van der Waals surface area contributed by atoms with Crippen molar-refractivity contribution >= 4 is 25.7 Å².